The van der Waals surface area contributed by atoms with Gasteiger partial charge in [-0.2, -0.15) is 0 Å². The summed E-state index contributed by atoms with van der Waals surface area (Å²) in [7, 11) is 0. The molecule has 0 aromatic heterocycles. The van der Waals surface area contributed by atoms with Gasteiger partial charge in [0.25, 0.3) is 0 Å². The summed E-state index contributed by atoms with van der Waals surface area (Å²) in [4.78, 5) is 10.8. The van der Waals surface area contributed by atoms with Crippen molar-refractivity contribution in [2.75, 3.05) is 5.32 Å². The lowest BCUT2D eigenvalue weighted by Crippen LogP contribution is -2.21. The van der Waals surface area contributed by atoms with Gasteiger partial charge in [-0.3, -0.25) is 10.1 Å². The molecule has 0 aliphatic carbocycles. The van der Waals surface area contributed by atoms with Crippen LogP contribution in [-0.4, -0.2) is 28.3 Å². The highest BCUT2D eigenvalue weighted by Gasteiger charge is 2.22. The zero-order valence-corrected chi connectivity index (χ0v) is 12.3. The van der Waals surface area contributed by atoms with Crippen LogP contribution in [0.25, 0.3) is 0 Å². The zero-order chi connectivity index (χ0) is 15.3. The van der Waals surface area contributed by atoms with E-state index in [4.69, 9.17) is 4.74 Å². The third kappa shape index (κ3) is 4.70. The predicted molar refractivity (Wildman–Crippen MR) is 78.2 cm³/mol. The Labute approximate surface area is 118 Å². The molecule has 1 aromatic carbocycles. The Balaban J connectivity index is 3.03. The molecular formula is C14H22N2O4. The first-order valence-electron chi connectivity index (χ1n) is 6.70. The van der Waals surface area contributed by atoms with E-state index in [-0.39, 0.29) is 23.6 Å². The molecule has 0 heterocycles. The van der Waals surface area contributed by atoms with Crippen LogP contribution in [0.15, 0.2) is 18.2 Å². The van der Waals surface area contributed by atoms with E-state index < -0.39 is 11.0 Å². The molecule has 0 bridgehead atoms. The fourth-order valence-electron chi connectivity index (χ4n) is 2.01. The maximum absolute atomic E-state index is 11.3. The molecule has 0 spiro atoms. The van der Waals surface area contributed by atoms with Crippen molar-refractivity contribution in [3.63, 3.8) is 0 Å². The number of nitrogens with one attached hydrogen (secondary N) is 1. The van der Waals surface area contributed by atoms with Crippen molar-refractivity contribution in [3.8, 4) is 5.75 Å². The summed E-state index contributed by atoms with van der Waals surface area (Å²) >= 11 is 0. The van der Waals surface area contributed by atoms with E-state index in [0.29, 0.717) is 12.1 Å². The van der Waals surface area contributed by atoms with Crippen LogP contribution >= 0.6 is 0 Å². The fourth-order valence-corrected chi connectivity index (χ4v) is 2.01. The van der Waals surface area contributed by atoms with Gasteiger partial charge in [-0.1, -0.05) is 6.07 Å². The molecule has 0 aliphatic rings. The van der Waals surface area contributed by atoms with E-state index in [1.807, 2.05) is 20.8 Å². The Kier molecular flexibility index (Phi) is 5.76. The maximum atomic E-state index is 11.3. The Morgan fingerprint density at radius 1 is 1.35 bits per heavy atom. The summed E-state index contributed by atoms with van der Waals surface area (Å²) in [6.07, 6.45) is -0.0997. The lowest BCUT2D eigenvalue weighted by Gasteiger charge is -2.18. The minimum Gasteiger partial charge on any atom is -0.484 e. The van der Waals surface area contributed by atoms with Crippen LogP contribution in [0.1, 0.15) is 34.1 Å². The minimum absolute atomic E-state index is 0.0707. The highest BCUT2D eigenvalue weighted by atomic mass is 16.6. The highest BCUT2D eigenvalue weighted by molar-refractivity contribution is 5.68. The molecule has 1 aromatic rings. The van der Waals surface area contributed by atoms with Gasteiger partial charge >= 0.3 is 5.69 Å². The first-order chi connectivity index (χ1) is 9.31. The summed E-state index contributed by atoms with van der Waals surface area (Å²) in [5.74, 6) is 0.249. The number of hydrogen-bond acceptors (Lipinski definition) is 5. The van der Waals surface area contributed by atoms with Crippen LogP contribution in [0.5, 0.6) is 5.75 Å². The second-order valence-corrected chi connectivity index (χ2v) is 5.21. The normalized spacial score (nSPS) is 13.9. The first kappa shape index (κ1) is 16.2. The van der Waals surface area contributed by atoms with Gasteiger partial charge in [0, 0.05) is 6.04 Å². The van der Waals surface area contributed by atoms with Gasteiger partial charge in [0.15, 0.2) is 5.75 Å². The third-order valence-electron chi connectivity index (χ3n) is 2.64. The molecule has 0 fully saturated rings. The van der Waals surface area contributed by atoms with E-state index in [1.165, 1.54) is 0 Å². The minimum atomic E-state index is -0.466. The van der Waals surface area contributed by atoms with Gasteiger partial charge in [-0.25, -0.2) is 0 Å². The smallest absolute Gasteiger partial charge is 0.333 e. The van der Waals surface area contributed by atoms with Crippen molar-refractivity contribution in [1.82, 2.24) is 0 Å². The summed E-state index contributed by atoms with van der Waals surface area (Å²) in [5.41, 5.74) is 0.333. The van der Waals surface area contributed by atoms with Crippen LogP contribution < -0.4 is 10.1 Å². The Bertz CT molecular complexity index is 460. The van der Waals surface area contributed by atoms with Crippen LogP contribution in [0.3, 0.4) is 0 Å². The number of anilines is 1. The molecule has 6 heteroatoms. The molecule has 2 atom stereocenters. The quantitative estimate of drug-likeness (QED) is 0.593. The molecule has 1 rings (SSSR count). The summed E-state index contributed by atoms with van der Waals surface area (Å²) in [6, 6.07) is 4.86. The van der Waals surface area contributed by atoms with E-state index in [1.54, 1.807) is 25.1 Å². The second-order valence-electron chi connectivity index (χ2n) is 5.21. The van der Waals surface area contributed by atoms with E-state index in [0.717, 1.165) is 0 Å². The van der Waals surface area contributed by atoms with Crippen molar-refractivity contribution in [2.45, 2.75) is 52.4 Å². The number of rotatable bonds is 7. The number of aliphatic hydroxyl groups excluding tert-OH is 1. The van der Waals surface area contributed by atoms with E-state index >= 15 is 0 Å². The molecule has 20 heavy (non-hydrogen) atoms. The fraction of sp³-hybridized carbons (Fsp3) is 0.571. The van der Waals surface area contributed by atoms with Crippen LogP contribution in [0.2, 0.25) is 0 Å². The van der Waals surface area contributed by atoms with Gasteiger partial charge < -0.3 is 15.2 Å². The van der Waals surface area contributed by atoms with Gasteiger partial charge in [-0.15, -0.1) is 0 Å². The molecule has 0 amide bonds. The molecular weight excluding hydrogens is 260 g/mol. The first-order valence-corrected chi connectivity index (χ1v) is 6.70. The number of ether oxygens (including phenoxy) is 1. The maximum Gasteiger partial charge on any atom is 0.333 e. The summed E-state index contributed by atoms with van der Waals surface area (Å²) in [5, 5.41) is 23.7. The molecule has 0 radical (unpaired) electrons. The number of para-hydroxylation sites is 1. The Hall–Kier alpha value is -1.82. The third-order valence-corrected chi connectivity index (χ3v) is 2.64. The van der Waals surface area contributed by atoms with E-state index in [9.17, 15) is 15.2 Å². The number of aliphatic hydroxyl groups is 1. The molecule has 0 aliphatic heterocycles. The molecule has 2 N–H and O–H groups in total. The standard InChI is InChI=1S/C14H22N2O4/c1-9(2)20-13-7-5-6-12(14(13)16(18)19)15-10(3)8-11(4)17/h5-7,9-11,15,17H,8H2,1-4H3. The number of hydrogen-bond donors (Lipinski definition) is 2. The highest BCUT2D eigenvalue weighted by Crippen LogP contribution is 2.35. The van der Waals surface area contributed by atoms with Gasteiger partial charge in [-0.05, 0) is 46.2 Å². The van der Waals surface area contributed by atoms with Crippen molar-refractivity contribution in [3.05, 3.63) is 28.3 Å². The summed E-state index contributed by atoms with van der Waals surface area (Å²) < 4.78 is 5.48. The van der Waals surface area contributed by atoms with Gasteiger partial charge in [0.2, 0.25) is 0 Å². The topological polar surface area (TPSA) is 84.6 Å². The lowest BCUT2D eigenvalue weighted by atomic mass is 10.1. The van der Waals surface area contributed by atoms with Crippen molar-refractivity contribution < 1.29 is 14.8 Å². The second kappa shape index (κ2) is 7.09. The molecule has 0 saturated carbocycles. The molecule has 0 saturated heterocycles. The van der Waals surface area contributed by atoms with Gasteiger partial charge in [0.05, 0.1) is 17.1 Å². The number of nitro benzene ring substituents is 1. The van der Waals surface area contributed by atoms with Crippen LogP contribution in [-0.2, 0) is 0 Å². The van der Waals surface area contributed by atoms with Crippen LogP contribution in [0, 0.1) is 10.1 Å². The number of benzene rings is 1. The predicted octanol–water partition coefficient (Wildman–Crippen LogP) is 2.95. The zero-order valence-electron chi connectivity index (χ0n) is 12.3. The van der Waals surface area contributed by atoms with E-state index in [2.05, 4.69) is 5.32 Å². The SMILES string of the molecule is CC(O)CC(C)Nc1cccc(OC(C)C)c1[N+](=O)[O-]. The largest absolute Gasteiger partial charge is 0.484 e. The van der Waals surface area contributed by atoms with Gasteiger partial charge in [0.1, 0.15) is 5.69 Å². The van der Waals surface area contributed by atoms with Crippen LogP contribution in [0.4, 0.5) is 11.4 Å². The van der Waals surface area contributed by atoms with Crippen molar-refractivity contribution in [1.29, 1.82) is 0 Å². The Morgan fingerprint density at radius 2 is 2.00 bits per heavy atom. The van der Waals surface area contributed by atoms with Crippen molar-refractivity contribution >= 4 is 11.4 Å². The lowest BCUT2D eigenvalue weighted by molar-refractivity contribution is -0.385. The molecule has 2 unspecified atom stereocenters. The molecule has 6 nitrogen and oxygen atoms in total. The Morgan fingerprint density at radius 3 is 2.50 bits per heavy atom. The average molecular weight is 282 g/mol. The number of nitrogens with zero attached hydrogens (tertiary/aromatic N) is 1. The monoisotopic (exact) mass is 282 g/mol. The summed E-state index contributed by atoms with van der Waals surface area (Å²) in [6.45, 7) is 7.19. The van der Waals surface area contributed by atoms with Crippen molar-refractivity contribution in [2.24, 2.45) is 0 Å². The molecule has 112 valence electrons. The average Bonchev–Trinajstić information content (AvgIpc) is 2.26. The number of nitro groups is 1.